The van der Waals surface area contributed by atoms with E-state index in [1.807, 2.05) is 43.3 Å². The van der Waals surface area contributed by atoms with Crippen molar-refractivity contribution < 1.29 is 19.4 Å². The fourth-order valence-electron chi connectivity index (χ4n) is 4.81. The Morgan fingerprint density at radius 2 is 2.02 bits per heavy atom. The molecular formula is C28H32ClN7O4. The van der Waals surface area contributed by atoms with E-state index in [2.05, 4.69) is 25.6 Å². The first-order valence-electron chi connectivity index (χ1n) is 13.2. The third-order valence-corrected chi connectivity index (χ3v) is 7.26. The number of halogens is 1. The Hall–Kier alpha value is -3.80. The molecule has 0 bridgehead atoms. The average Bonchev–Trinajstić information content (AvgIpc) is 3.27. The number of aliphatic hydroxyl groups excluding tert-OH is 1. The van der Waals surface area contributed by atoms with Crippen LogP contribution < -0.4 is 15.5 Å². The number of aromatic nitrogens is 3. The first-order valence-corrected chi connectivity index (χ1v) is 13.5. The molecule has 0 aliphatic carbocycles. The zero-order valence-corrected chi connectivity index (χ0v) is 23.2. The third kappa shape index (κ3) is 6.16. The van der Waals surface area contributed by atoms with Gasteiger partial charge >= 0.3 is 0 Å². The van der Waals surface area contributed by atoms with Gasteiger partial charge in [0.05, 0.1) is 35.3 Å². The van der Waals surface area contributed by atoms with Crippen LogP contribution in [0.15, 0.2) is 42.6 Å². The Bertz CT molecular complexity index is 1400. The minimum Gasteiger partial charge on any atom is -0.394 e. The van der Waals surface area contributed by atoms with Gasteiger partial charge in [0.25, 0.3) is 5.91 Å². The van der Waals surface area contributed by atoms with Gasteiger partial charge in [-0.25, -0.2) is 15.0 Å². The van der Waals surface area contributed by atoms with Gasteiger partial charge in [-0.1, -0.05) is 29.8 Å². The van der Waals surface area contributed by atoms with Crippen LogP contribution in [0.3, 0.4) is 0 Å². The number of nitrogens with zero attached hydrogens (tertiary/aromatic N) is 5. The molecule has 210 valence electrons. The maximum absolute atomic E-state index is 13.3. The molecule has 0 spiro atoms. The van der Waals surface area contributed by atoms with E-state index in [0.717, 1.165) is 18.4 Å². The van der Waals surface area contributed by atoms with E-state index in [1.165, 1.54) is 4.90 Å². The molecule has 3 aromatic rings. The first kappa shape index (κ1) is 27.8. The standard InChI is InChI=1S/C28H32ClN7O4/c1-35(2)24-5-3-4-22(32-24)23(16-37)33-25(38)15-36-14-18-7-6-17(12-20(18)27(36)39)26-21(29)13-30-28(34-26)31-19-8-10-40-11-9-19/h3-7,12-13,19,23,37H,8-11,14-16H2,1-2H3,(H,33,38)(H,30,31,34). The Kier molecular flexibility index (Phi) is 8.43. The summed E-state index contributed by atoms with van der Waals surface area (Å²) in [6, 6.07) is 10.4. The number of carbonyl (C=O) groups is 2. The molecule has 2 aliphatic heterocycles. The molecule has 5 rings (SSSR count). The predicted molar refractivity (Wildman–Crippen MR) is 151 cm³/mol. The molecule has 2 aromatic heterocycles. The lowest BCUT2D eigenvalue weighted by Gasteiger charge is -2.23. The van der Waals surface area contributed by atoms with Crippen LogP contribution in [0.2, 0.25) is 5.02 Å². The Labute approximate surface area is 237 Å². The van der Waals surface area contributed by atoms with Crippen molar-refractivity contribution in [1.29, 1.82) is 0 Å². The number of amides is 2. The van der Waals surface area contributed by atoms with Gasteiger partial charge in [0.2, 0.25) is 11.9 Å². The van der Waals surface area contributed by atoms with Crippen molar-refractivity contribution in [1.82, 2.24) is 25.2 Å². The summed E-state index contributed by atoms with van der Waals surface area (Å²) in [6.45, 7) is 1.22. The van der Waals surface area contributed by atoms with Gasteiger partial charge in [-0.2, -0.15) is 0 Å². The Balaban J connectivity index is 1.27. The highest BCUT2D eigenvalue weighted by molar-refractivity contribution is 6.33. The number of aliphatic hydroxyl groups is 1. The molecule has 3 N–H and O–H groups in total. The topological polar surface area (TPSA) is 133 Å². The fraction of sp³-hybridized carbons (Fsp3) is 0.393. The van der Waals surface area contributed by atoms with Crippen LogP contribution in [0.1, 0.15) is 40.5 Å². The molecule has 4 heterocycles. The number of anilines is 2. The van der Waals surface area contributed by atoms with Crippen LogP contribution in [0.25, 0.3) is 11.3 Å². The fourth-order valence-corrected chi connectivity index (χ4v) is 5.01. The zero-order valence-electron chi connectivity index (χ0n) is 22.4. The van der Waals surface area contributed by atoms with E-state index in [-0.39, 0.29) is 31.0 Å². The molecule has 1 atom stereocenters. The molecule has 1 saturated heterocycles. The summed E-state index contributed by atoms with van der Waals surface area (Å²) in [6.07, 6.45) is 3.30. The zero-order chi connectivity index (χ0) is 28.2. The largest absolute Gasteiger partial charge is 0.394 e. The van der Waals surface area contributed by atoms with Gasteiger partial charge in [0, 0.05) is 51.0 Å². The van der Waals surface area contributed by atoms with Gasteiger partial charge in [-0.15, -0.1) is 0 Å². The van der Waals surface area contributed by atoms with E-state index in [9.17, 15) is 14.7 Å². The maximum atomic E-state index is 13.3. The lowest BCUT2D eigenvalue weighted by Crippen LogP contribution is -2.40. The average molecular weight is 566 g/mol. The SMILES string of the molecule is CN(C)c1cccc(C(CO)NC(=O)CN2Cc3ccc(-c4nc(NC5CCOCC5)ncc4Cl)cc3C2=O)n1. The van der Waals surface area contributed by atoms with Crippen molar-refractivity contribution in [2.75, 3.05) is 50.7 Å². The minimum atomic E-state index is -0.692. The van der Waals surface area contributed by atoms with Gasteiger partial charge in [-0.3, -0.25) is 9.59 Å². The van der Waals surface area contributed by atoms with Gasteiger partial charge in [0.1, 0.15) is 12.4 Å². The third-order valence-electron chi connectivity index (χ3n) is 6.98. The highest BCUT2D eigenvalue weighted by atomic mass is 35.5. The molecular weight excluding hydrogens is 534 g/mol. The quantitative estimate of drug-likeness (QED) is 0.358. The number of nitrogens with one attached hydrogen (secondary N) is 2. The lowest BCUT2D eigenvalue weighted by molar-refractivity contribution is -0.122. The van der Waals surface area contributed by atoms with Crippen molar-refractivity contribution in [2.45, 2.75) is 31.5 Å². The summed E-state index contributed by atoms with van der Waals surface area (Å²) in [5.74, 6) is 0.535. The summed E-state index contributed by atoms with van der Waals surface area (Å²) in [4.78, 5) is 42.9. The van der Waals surface area contributed by atoms with Crippen LogP contribution in [-0.4, -0.2) is 83.3 Å². The van der Waals surface area contributed by atoms with Crippen molar-refractivity contribution in [3.05, 3.63) is 64.4 Å². The van der Waals surface area contributed by atoms with Crippen LogP contribution in [0.4, 0.5) is 11.8 Å². The number of ether oxygens (including phenoxy) is 1. The smallest absolute Gasteiger partial charge is 0.254 e. The van der Waals surface area contributed by atoms with Crippen molar-refractivity contribution >= 4 is 35.2 Å². The first-order chi connectivity index (χ1) is 19.3. The highest BCUT2D eigenvalue weighted by Gasteiger charge is 2.30. The molecule has 1 unspecified atom stereocenters. The van der Waals surface area contributed by atoms with Crippen LogP contribution in [0, 0.1) is 0 Å². The molecule has 2 amide bonds. The van der Waals surface area contributed by atoms with Crippen molar-refractivity contribution in [2.24, 2.45) is 0 Å². The van der Waals surface area contributed by atoms with E-state index >= 15 is 0 Å². The molecule has 11 nitrogen and oxygen atoms in total. The van der Waals surface area contributed by atoms with Gasteiger partial charge in [-0.05, 0) is 36.6 Å². The van der Waals surface area contributed by atoms with Gasteiger partial charge in [0.15, 0.2) is 0 Å². The number of benzene rings is 1. The number of carbonyl (C=O) groups excluding carboxylic acids is 2. The summed E-state index contributed by atoms with van der Waals surface area (Å²) in [7, 11) is 3.73. The monoisotopic (exact) mass is 565 g/mol. The summed E-state index contributed by atoms with van der Waals surface area (Å²) >= 11 is 6.45. The number of hydrogen-bond acceptors (Lipinski definition) is 9. The minimum absolute atomic E-state index is 0.153. The van der Waals surface area contributed by atoms with Crippen molar-refractivity contribution in [3.8, 4) is 11.3 Å². The van der Waals surface area contributed by atoms with Crippen LogP contribution in [0.5, 0.6) is 0 Å². The molecule has 0 saturated carbocycles. The van der Waals surface area contributed by atoms with Crippen molar-refractivity contribution in [3.63, 3.8) is 0 Å². The second-order valence-corrected chi connectivity index (χ2v) is 10.5. The van der Waals surface area contributed by atoms with E-state index in [1.54, 1.807) is 18.3 Å². The predicted octanol–water partition coefficient (Wildman–Crippen LogP) is 2.65. The van der Waals surface area contributed by atoms with Crippen LogP contribution in [-0.2, 0) is 16.1 Å². The molecule has 0 radical (unpaired) electrons. The van der Waals surface area contributed by atoms with Gasteiger partial charge < -0.3 is 30.3 Å². The lowest BCUT2D eigenvalue weighted by atomic mass is 10.0. The number of fused-ring (bicyclic) bond motifs is 1. The van der Waals surface area contributed by atoms with E-state index in [4.69, 9.17) is 16.3 Å². The molecule has 1 aromatic carbocycles. The molecule has 40 heavy (non-hydrogen) atoms. The van der Waals surface area contributed by atoms with E-state index < -0.39 is 6.04 Å². The summed E-state index contributed by atoms with van der Waals surface area (Å²) in [5.41, 5.74) is 3.06. The summed E-state index contributed by atoms with van der Waals surface area (Å²) < 4.78 is 5.41. The normalized spacial score (nSPS) is 16.0. The molecule has 12 heteroatoms. The second kappa shape index (κ2) is 12.2. The second-order valence-electron chi connectivity index (χ2n) is 10.1. The van der Waals surface area contributed by atoms with Crippen LogP contribution >= 0.6 is 11.6 Å². The number of pyridine rings is 1. The Morgan fingerprint density at radius 1 is 1.23 bits per heavy atom. The maximum Gasteiger partial charge on any atom is 0.254 e. The Morgan fingerprint density at radius 3 is 2.77 bits per heavy atom. The molecule has 1 fully saturated rings. The highest BCUT2D eigenvalue weighted by Crippen LogP contribution is 2.31. The number of hydrogen-bond donors (Lipinski definition) is 3. The summed E-state index contributed by atoms with van der Waals surface area (Å²) in [5, 5.41) is 16.4. The molecule has 2 aliphatic rings. The number of rotatable bonds is 9. The van der Waals surface area contributed by atoms with E-state index in [0.29, 0.717) is 59.1 Å².